The quantitative estimate of drug-likeness (QED) is 0.684. The monoisotopic (exact) mass is 295 g/mol. The number of methoxy groups -OCH3 is 1. The van der Waals surface area contributed by atoms with Crippen molar-refractivity contribution in [2.45, 2.75) is 13.0 Å². The number of terminal acetylenes is 1. The molecule has 0 fully saturated rings. The number of benzene rings is 1. The minimum Gasteiger partial charge on any atom is -0.468 e. The number of carbonyl (C=O) groups excluding carboxylic acids is 1. The van der Waals surface area contributed by atoms with Gasteiger partial charge in [-0.05, 0) is 24.1 Å². The van der Waals surface area contributed by atoms with Crippen LogP contribution in [0.2, 0.25) is 0 Å². The van der Waals surface area contributed by atoms with Crippen LogP contribution in [0.3, 0.4) is 0 Å². The first-order valence-corrected chi connectivity index (χ1v) is 5.90. The molecule has 17 heavy (non-hydrogen) atoms. The van der Waals surface area contributed by atoms with Gasteiger partial charge in [0, 0.05) is 4.47 Å². The van der Waals surface area contributed by atoms with Crippen LogP contribution >= 0.6 is 15.9 Å². The van der Waals surface area contributed by atoms with Crippen molar-refractivity contribution in [3.8, 4) is 12.3 Å². The zero-order chi connectivity index (χ0) is 12.8. The standard InChI is InChI=1S/C13H14BrNO2/c1-4-7-15-12(13(16)17-3)10-5-6-11(14)9(2)8-10/h1,5-6,8,12,15H,7H2,2-3H3. The zero-order valence-corrected chi connectivity index (χ0v) is 11.4. The van der Waals surface area contributed by atoms with E-state index in [9.17, 15) is 4.79 Å². The Labute approximate surface area is 110 Å². The van der Waals surface area contributed by atoms with Crippen LogP contribution in [0.5, 0.6) is 0 Å². The van der Waals surface area contributed by atoms with Gasteiger partial charge in [-0.3, -0.25) is 5.32 Å². The van der Waals surface area contributed by atoms with Crippen molar-refractivity contribution in [3.05, 3.63) is 33.8 Å². The van der Waals surface area contributed by atoms with E-state index < -0.39 is 6.04 Å². The Morgan fingerprint density at radius 1 is 1.65 bits per heavy atom. The zero-order valence-electron chi connectivity index (χ0n) is 9.79. The lowest BCUT2D eigenvalue weighted by Gasteiger charge is -2.16. The highest BCUT2D eigenvalue weighted by molar-refractivity contribution is 9.10. The smallest absolute Gasteiger partial charge is 0.327 e. The molecule has 1 N–H and O–H groups in total. The molecule has 0 bridgehead atoms. The number of hydrogen-bond acceptors (Lipinski definition) is 3. The van der Waals surface area contributed by atoms with Crippen LogP contribution in [-0.2, 0) is 9.53 Å². The first-order valence-electron chi connectivity index (χ1n) is 5.11. The molecule has 1 unspecified atom stereocenters. The minimum absolute atomic E-state index is 0.314. The van der Waals surface area contributed by atoms with Gasteiger partial charge in [0.15, 0.2) is 0 Å². The number of aryl methyl sites for hydroxylation is 1. The molecule has 4 heteroatoms. The lowest BCUT2D eigenvalue weighted by molar-refractivity contribution is -0.143. The summed E-state index contributed by atoms with van der Waals surface area (Å²) in [5.41, 5.74) is 1.90. The van der Waals surface area contributed by atoms with Crippen molar-refractivity contribution >= 4 is 21.9 Å². The van der Waals surface area contributed by atoms with Gasteiger partial charge in [0.05, 0.1) is 13.7 Å². The number of rotatable bonds is 4. The number of hydrogen-bond donors (Lipinski definition) is 1. The summed E-state index contributed by atoms with van der Waals surface area (Å²) in [5, 5.41) is 2.96. The molecule has 1 aromatic rings. The van der Waals surface area contributed by atoms with Crippen molar-refractivity contribution in [2.24, 2.45) is 0 Å². The molecule has 0 aliphatic carbocycles. The fourth-order valence-electron chi connectivity index (χ4n) is 1.46. The van der Waals surface area contributed by atoms with E-state index in [4.69, 9.17) is 11.2 Å². The topological polar surface area (TPSA) is 38.3 Å². The Morgan fingerprint density at radius 2 is 2.35 bits per heavy atom. The molecule has 0 amide bonds. The third-order valence-corrected chi connectivity index (χ3v) is 3.25. The maximum absolute atomic E-state index is 11.6. The second-order valence-electron chi connectivity index (χ2n) is 3.55. The normalized spacial score (nSPS) is 11.6. The van der Waals surface area contributed by atoms with E-state index in [0.29, 0.717) is 6.54 Å². The van der Waals surface area contributed by atoms with E-state index in [1.165, 1.54) is 7.11 Å². The number of ether oxygens (including phenoxy) is 1. The van der Waals surface area contributed by atoms with Crippen molar-refractivity contribution in [3.63, 3.8) is 0 Å². The summed E-state index contributed by atoms with van der Waals surface area (Å²) < 4.78 is 5.75. The molecule has 1 aromatic carbocycles. The molecule has 1 atom stereocenters. The largest absolute Gasteiger partial charge is 0.468 e. The van der Waals surface area contributed by atoms with Crippen LogP contribution in [0.4, 0.5) is 0 Å². The molecule has 0 saturated carbocycles. The highest BCUT2D eigenvalue weighted by Crippen LogP contribution is 2.22. The Kier molecular flexibility index (Phi) is 5.20. The van der Waals surface area contributed by atoms with Gasteiger partial charge in [-0.2, -0.15) is 0 Å². The fourth-order valence-corrected chi connectivity index (χ4v) is 1.71. The summed E-state index contributed by atoms with van der Waals surface area (Å²) in [6.45, 7) is 2.28. The molecule has 0 aliphatic rings. The van der Waals surface area contributed by atoms with Gasteiger partial charge in [0.1, 0.15) is 6.04 Å². The number of esters is 1. The predicted molar refractivity (Wildman–Crippen MR) is 70.5 cm³/mol. The van der Waals surface area contributed by atoms with E-state index in [1.807, 2.05) is 25.1 Å². The van der Waals surface area contributed by atoms with Crippen molar-refractivity contribution < 1.29 is 9.53 Å². The van der Waals surface area contributed by atoms with E-state index in [-0.39, 0.29) is 5.97 Å². The fraction of sp³-hybridized carbons (Fsp3) is 0.308. The van der Waals surface area contributed by atoms with Crippen LogP contribution < -0.4 is 5.32 Å². The van der Waals surface area contributed by atoms with Gasteiger partial charge in [-0.25, -0.2) is 4.79 Å². The average Bonchev–Trinajstić information content (AvgIpc) is 2.33. The second-order valence-corrected chi connectivity index (χ2v) is 4.40. The summed E-state index contributed by atoms with van der Waals surface area (Å²) in [6.07, 6.45) is 5.18. The predicted octanol–water partition coefficient (Wildman–Crippen LogP) is 2.19. The lowest BCUT2D eigenvalue weighted by atomic mass is 10.0. The van der Waals surface area contributed by atoms with E-state index in [1.54, 1.807) is 0 Å². The Morgan fingerprint density at radius 3 is 2.88 bits per heavy atom. The van der Waals surface area contributed by atoms with E-state index in [0.717, 1.165) is 15.6 Å². The molecule has 0 spiro atoms. The molecule has 1 rings (SSSR count). The van der Waals surface area contributed by atoms with Gasteiger partial charge in [0.2, 0.25) is 0 Å². The molecular weight excluding hydrogens is 282 g/mol. The van der Waals surface area contributed by atoms with Crippen LogP contribution in [0.1, 0.15) is 17.2 Å². The summed E-state index contributed by atoms with van der Waals surface area (Å²) in [4.78, 5) is 11.6. The molecule has 0 saturated heterocycles. The maximum atomic E-state index is 11.6. The molecule has 90 valence electrons. The molecule has 3 nitrogen and oxygen atoms in total. The average molecular weight is 296 g/mol. The number of halogens is 1. The molecular formula is C13H14BrNO2. The van der Waals surface area contributed by atoms with Crippen molar-refractivity contribution in [2.75, 3.05) is 13.7 Å². The first kappa shape index (κ1) is 13.8. The van der Waals surface area contributed by atoms with Crippen LogP contribution in [0.25, 0.3) is 0 Å². The SMILES string of the molecule is C#CCNC(C(=O)OC)c1ccc(Br)c(C)c1. The lowest BCUT2D eigenvalue weighted by Crippen LogP contribution is -2.29. The highest BCUT2D eigenvalue weighted by Gasteiger charge is 2.20. The molecule has 0 radical (unpaired) electrons. The minimum atomic E-state index is -0.525. The summed E-state index contributed by atoms with van der Waals surface area (Å²) in [7, 11) is 1.36. The number of carbonyl (C=O) groups is 1. The van der Waals surface area contributed by atoms with E-state index >= 15 is 0 Å². The van der Waals surface area contributed by atoms with Crippen LogP contribution in [0.15, 0.2) is 22.7 Å². The van der Waals surface area contributed by atoms with Gasteiger partial charge in [-0.15, -0.1) is 6.42 Å². The molecule has 0 heterocycles. The number of nitrogens with one attached hydrogen (secondary N) is 1. The highest BCUT2D eigenvalue weighted by atomic mass is 79.9. The van der Waals surface area contributed by atoms with Gasteiger partial charge in [0.25, 0.3) is 0 Å². The summed E-state index contributed by atoms with van der Waals surface area (Å²) in [6, 6.07) is 5.16. The maximum Gasteiger partial charge on any atom is 0.327 e. The molecule has 0 aliphatic heterocycles. The Balaban J connectivity index is 3.00. The van der Waals surface area contributed by atoms with Crippen molar-refractivity contribution in [1.82, 2.24) is 5.32 Å². The second kappa shape index (κ2) is 6.43. The molecule has 0 aromatic heterocycles. The van der Waals surface area contributed by atoms with Gasteiger partial charge < -0.3 is 4.74 Å². The summed E-state index contributed by atoms with van der Waals surface area (Å²) >= 11 is 3.42. The van der Waals surface area contributed by atoms with Gasteiger partial charge in [-0.1, -0.05) is 34.0 Å². The van der Waals surface area contributed by atoms with Gasteiger partial charge >= 0.3 is 5.97 Å². The first-order chi connectivity index (χ1) is 8.10. The van der Waals surface area contributed by atoms with Crippen LogP contribution in [-0.4, -0.2) is 19.6 Å². The van der Waals surface area contributed by atoms with E-state index in [2.05, 4.69) is 27.2 Å². The summed E-state index contributed by atoms with van der Waals surface area (Å²) in [5.74, 6) is 2.10. The third-order valence-electron chi connectivity index (χ3n) is 2.36. The Hall–Kier alpha value is -1.31. The third kappa shape index (κ3) is 3.58. The Bertz CT molecular complexity index is 451. The van der Waals surface area contributed by atoms with Crippen molar-refractivity contribution in [1.29, 1.82) is 0 Å². The van der Waals surface area contributed by atoms with Crippen LogP contribution in [0, 0.1) is 19.3 Å².